The summed E-state index contributed by atoms with van der Waals surface area (Å²) in [4.78, 5) is 1.93. The summed E-state index contributed by atoms with van der Waals surface area (Å²) in [5, 5.41) is 0. The lowest BCUT2D eigenvalue weighted by Crippen LogP contribution is -1.97. The van der Waals surface area contributed by atoms with Crippen LogP contribution in [0, 0.1) is 0 Å². The van der Waals surface area contributed by atoms with Gasteiger partial charge in [0.15, 0.2) is 9.84 Å². The van der Waals surface area contributed by atoms with Gasteiger partial charge < -0.3 is 0 Å². The van der Waals surface area contributed by atoms with Crippen LogP contribution >= 0.6 is 11.8 Å². The maximum Gasteiger partial charge on any atom is 0.199 e. The largest absolute Gasteiger partial charge is 0.219 e. The van der Waals surface area contributed by atoms with Crippen LogP contribution in [0.25, 0.3) is 0 Å². The number of thioether (sulfide) groups is 1. The van der Waals surface area contributed by atoms with E-state index < -0.39 is 9.84 Å². The van der Waals surface area contributed by atoms with Crippen LogP contribution in [0.1, 0.15) is 33.6 Å². The van der Waals surface area contributed by atoms with Crippen LogP contribution in [0.3, 0.4) is 0 Å². The van der Waals surface area contributed by atoms with Gasteiger partial charge in [-0.25, -0.2) is 8.42 Å². The molecule has 0 aromatic carbocycles. The van der Waals surface area contributed by atoms with Crippen LogP contribution < -0.4 is 0 Å². The second-order valence-corrected chi connectivity index (χ2v) is 6.78. The molecule has 0 unspecified atom stereocenters. The molecule has 1 aliphatic rings. The van der Waals surface area contributed by atoms with E-state index in [1.807, 2.05) is 0 Å². The summed E-state index contributed by atoms with van der Waals surface area (Å²) < 4.78 is 23.2. The van der Waals surface area contributed by atoms with E-state index in [0.29, 0.717) is 9.81 Å². The Morgan fingerprint density at radius 1 is 1.36 bits per heavy atom. The lowest BCUT2D eigenvalue weighted by molar-refractivity contribution is 0.608. The molecule has 14 heavy (non-hydrogen) atoms. The molecular formula is C10H16O2S2. The van der Waals surface area contributed by atoms with Gasteiger partial charge in [0.05, 0.1) is 4.91 Å². The average molecular weight is 232 g/mol. The molecule has 0 N–H and O–H groups in total. The first-order chi connectivity index (χ1) is 6.50. The summed E-state index contributed by atoms with van der Waals surface area (Å²) in [6, 6.07) is 0. The molecule has 1 aliphatic heterocycles. The Hall–Kier alpha value is -0.220. The highest BCUT2D eigenvalue weighted by Crippen LogP contribution is 2.35. The Balaban J connectivity index is 2.76. The first kappa shape index (κ1) is 11.9. The van der Waals surface area contributed by atoms with Gasteiger partial charge in [-0.15, -0.1) is 11.8 Å². The summed E-state index contributed by atoms with van der Waals surface area (Å²) in [5.74, 6) is 1.00. The van der Waals surface area contributed by atoms with E-state index in [2.05, 4.69) is 6.92 Å². The van der Waals surface area contributed by atoms with E-state index in [1.54, 1.807) is 31.7 Å². The minimum absolute atomic E-state index is 0.481. The SMILES string of the molecule is CCCCSC1=C(C)S(=O)(=O)C(C)=C1. The molecule has 0 amide bonds. The van der Waals surface area contributed by atoms with Crippen LogP contribution in [0.2, 0.25) is 0 Å². The minimum Gasteiger partial charge on any atom is -0.219 e. The molecule has 80 valence electrons. The third-order valence-corrected chi connectivity index (χ3v) is 5.61. The molecule has 0 atom stereocenters. The van der Waals surface area contributed by atoms with E-state index in [9.17, 15) is 8.42 Å². The van der Waals surface area contributed by atoms with E-state index in [4.69, 9.17) is 0 Å². The van der Waals surface area contributed by atoms with Gasteiger partial charge in [0, 0.05) is 9.81 Å². The number of allylic oxidation sites excluding steroid dienone is 3. The molecule has 1 heterocycles. The molecule has 0 aromatic heterocycles. The number of rotatable bonds is 4. The second kappa shape index (κ2) is 4.53. The van der Waals surface area contributed by atoms with Gasteiger partial charge in [0.25, 0.3) is 0 Å². The summed E-state index contributed by atoms with van der Waals surface area (Å²) in [5.41, 5.74) is 0. The summed E-state index contributed by atoms with van der Waals surface area (Å²) in [7, 11) is -3.07. The Morgan fingerprint density at radius 2 is 2.00 bits per heavy atom. The van der Waals surface area contributed by atoms with Crippen molar-refractivity contribution in [2.45, 2.75) is 33.6 Å². The van der Waals surface area contributed by atoms with Crippen molar-refractivity contribution in [1.82, 2.24) is 0 Å². The monoisotopic (exact) mass is 232 g/mol. The highest BCUT2D eigenvalue weighted by Gasteiger charge is 2.25. The molecule has 4 heteroatoms. The number of hydrogen-bond acceptors (Lipinski definition) is 3. The first-order valence-corrected chi connectivity index (χ1v) is 7.24. The highest BCUT2D eigenvalue weighted by molar-refractivity contribution is 8.06. The summed E-state index contributed by atoms with van der Waals surface area (Å²) in [6.07, 6.45) is 4.06. The van der Waals surface area contributed by atoms with Crippen LogP contribution in [0.4, 0.5) is 0 Å². The molecule has 1 rings (SSSR count). The van der Waals surface area contributed by atoms with E-state index in [1.165, 1.54) is 0 Å². The molecule has 0 bridgehead atoms. The van der Waals surface area contributed by atoms with Crippen LogP contribution in [0.15, 0.2) is 20.8 Å². The smallest absolute Gasteiger partial charge is 0.199 e. The van der Waals surface area contributed by atoms with E-state index in [-0.39, 0.29) is 0 Å². The van der Waals surface area contributed by atoms with Gasteiger partial charge in [0.2, 0.25) is 0 Å². The Kier molecular flexibility index (Phi) is 3.84. The Bertz CT molecular complexity index is 375. The van der Waals surface area contributed by atoms with Crippen molar-refractivity contribution in [3.8, 4) is 0 Å². The van der Waals surface area contributed by atoms with Gasteiger partial charge in [0.1, 0.15) is 0 Å². The highest BCUT2D eigenvalue weighted by atomic mass is 32.2. The molecular weight excluding hydrogens is 216 g/mol. The summed E-state index contributed by atoms with van der Waals surface area (Å²) in [6.45, 7) is 5.48. The Labute approximate surface area is 90.4 Å². The van der Waals surface area contributed by atoms with Crippen LogP contribution in [0.5, 0.6) is 0 Å². The average Bonchev–Trinajstić information content (AvgIpc) is 2.31. The van der Waals surface area contributed by atoms with Crippen LogP contribution in [-0.2, 0) is 9.84 Å². The molecule has 0 spiro atoms. The molecule has 0 saturated carbocycles. The standard InChI is InChI=1S/C10H16O2S2/c1-4-5-6-13-10-7-8(2)14(11,12)9(10)3/h7H,4-6H2,1-3H3. The van der Waals surface area contributed by atoms with Crippen molar-refractivity contribution in [2.24, 2.45) is 0 Å². The predicted octanol–water partition coefficient (Wildman–Crippen LogP) is 3.08. The quantitative estimate of drug-likeness (QED) is 0.699. The fourth-order valence-electron chi connectivity index (χ4n) is 1.21. The molecule has 0 aliphatic carbocycles. The van der Waals surface area contributed by atoms with E-state index in [0.717, 1.165) is 23.5 Å². The van der Waals surface area contributed by atoms with Crippen molar-refractivity contribution in [3.05, 3.63) is 20.8 Å². The van der Waals surface area contributed by atoms with Gasteiger partial charge in [-0.1, -0.05) is 13.3 Å². The second-order valence-electron chi connectivity index (χ2n) is 3.38. The zero-order chi connectivity index (χ0) is 10.8. The van der Waals surface area contributed by atoms with Gasteiger partial charge >= 0.3 is 0 Å². The molecule has 0 saturated heterocycles. The lowest BCUT2D eigenvalue weighted by atomic mass is 10.4. The third-order valence-electron chi connectivity index (χ3n) is 2.26. The molecule has 0 aromatic rings. The van der Waals surface area contributed by atoms with Crippen molar-refractivity contribution in [1.29, 1.82) is 0 Å². The summed E-state index contributed by atoms with van der Waals surface area (Å²) >= 11 is 1.65. The van der Waals surface area contributed by atoms with Crippen LogP contribution in [-0.4, -0.2) is 14.2 Å². The fourth-order valence-corrected chi connectivity index (χ4v) is 3.98. The molecule has 2 nitrogen and oxygen atoms in total. The van der Waals surface area contributed by atoms with Crippen molar-refractivity contribution in [2.75, 3.05) is 5.75 Å². The van der Waals surface area contributed by atoms with Gasteiger partial charge in [-0.05, 0) is 32.1 Å². The fraction of sp³-hybridized carbons (Fsp3) is 0.600. The normalized spacial score (nSPS) is 20.1. The van der Waals surface area contributed by atoms with Gasteiger partial charge in [-0.3, -0.25) is 0 Å². The maximum absolute atomic E-state index is 11.6. The van der Waals surface area contributed by atoms with Gasteiger partial charge in [-0.2, -0.15) is 0 Å². The number of unbranched alkanes of at least 4 members (excludes halogenated alkanes) is 1. The minimum atomic E-state index is -3.07. The first-order valence-electron chi connectivity index (χ1n) is 4.77. The third kappa shape index (κ3) is 2.23. The topological polar surface area (TPSA) is 34.1 Å². The molecule has 0 radical (unpaired) electrons. The zero-order valence-corrected chi connectivity index (χ0v) is 10.5. The van der Waals surface area contributed by atoms with Crippen molar-refractivity contribution >= 4 is 21.6 Å². The zero-order valence-electron chi connectivity index (χ0n) is 8.83. The van der Waals surface area contributed by atoms with Crippen molar-refractivity contribution < 1.29 is 8.42 Å². The number of hydrogen-bond donors (Lipinski definition) is 0. The Morgan fingerprint density at radius 3 is 2.43 bits per heavy atom. The van der Waals surface area contributed by atoms with E-state index >= 15 is 0 Å². The molecule has 0 fully saturated rings. The number of sulfone groups is 1. The lowest BCUT2D eigenvalue weighted by Gasteiger charge is -2.00. The van der Waals surface area contributed by atoms with Crippen molar-refractivity contribution in [3.63, 3.8) is 0 Å². The predicted molar refractivity (Wildman–Crippen MR) is 62.7 cm³/mol. The maximum atomic E-state index is 11.6.